The molecule has 2 heteroatoms. The molecule has 0 radical (unpaired) electrons. The molecule has 1 heterocycles. The first-order chi connectivity index (χ1) is 6.15. The summed E-state index contributed by atoms with van der Waals surface area (Å²) in [6, 6.07) is 3.98. The van der Waals surface area contributed by atoms with E-state index in [9.17, 15) is 4.79 Å². The zero-order chi connectivity index (χ0) is 9.47. The Morgan fingerprint density at radius 2 is 2.23 bits per heavy atom. The lowest BCUT2D eigenvalue weighted by atomic mass is 9.92. The molecule has 1 aromatic heterocycles. The third-order valence-electron chi connectivity index (χ3n) is 2.87. The lowest BCUT2D eigenvalue weighted by Crippen LogP contribution is -2.16. The van der Waals surface area contributed by atoms with Gasteiger partial charge in [0.1, 0.15) is 5.78 Å². The number of carbonyl (C=O) groups is 1. The summed E-state index contributed by atoms with van der Waals surface area (Å²) in [4.78, 5) is 15.5. The van der Waals surface area contributed by atoms with E-state index in [0.29, 0.717) is 0 Å². The summed E-state index contributed by atoms with van der Waals surface area (Å²) in [5.41, 5.74) is 1.99. The topological polar surface area (TPSA) is 30.0 Å². The Labute approximate surface area is 78.0 Å². The molecule has 0 atom stereocenters. The Bertz CT molecular complexity index is 353. The summed E-state index contributed by atoms with van der Waals surface area (Å²) in [5.74, 6) is 0.290. The SMILES string of the molecule is CC(=O)C1(c2ccnc(C)c2)CC1. The Hall–Kier alpha value is -1.18. The number of Topliss-reactive ketones (excluding diaryl/α,β-unsaturated/α-hetero) is 1. The van der Waals surface area contributed by atoms with Crippen molar-refractivity contribution in [1.82, 2.24) is 4.98 Å². The van der Waals surface area contributed by atoms with Gasteiger partial charge in [-0.05, 0) is 44.4 Å². The van der Waals surface area contributed by atoms with Crippen LogP contribution in [0.2, 0.25) is 0 Å². The molecule has 0 N–H and O–H groups in total. The van der Waals surface area contributed by atoms with Gasteiger partial charge in [0.05, 0.1) is 5.41 Å². The minimum atomic E-state index is -0.145. The number of aryl methyl sites for hydroxylation is 1. The van der Waals surface area contributed by atoms with Crippen LogP contribution in [0.3, 0.4) is 0 Å². The van der Waals surface area contributed by atoms with Crippen LogP contribution in [-0.2, 0) is 10.2 Å². The van der Waals surface area contributed by atoms with Crippen molar-refractivity contribution in [3.05, 3.63) is 29.6 Å². The van der Waals surface area contributed by atoms with Gasteiger partial charge in [0.25, 0.3) is 0 Å². The van der Waals surface area contributed by atoms with Crippen LogP contribution in [0.1, 0.15) is 31.0 Å². The number of rotatable bonds is 2. The number of ketones is 1. The highest BCUT2D eigenvalue weighted by Crippen LogP contribution is 2.48. The fourth-order valence-corrected chi connectivity index (χ4v) is 1.81. The van der Waals surface area contributed by atoms with Gasteiger partial charge >= 0.3 is 0 Å². The number of carbonyl (C=O) groups excluding carboxylic acids is 1. The summed E-state index contributed by atoms with van der Waals surface area (Å²) in [6.07, 6.45) is 3.80. The second-order valence-corrected chi connectivity index (χ2v) is 3.82. The average Bonchev–Trinajstić information content (AvgIpc) is 2.83. The molecule has 2 nitrogen and oxygen atoms in total. The normalized spacial score (nSPS) is 18.3. The maximum atomic E-state index is 11.4. The van der Waals surface area contributed by atoms with E-state index in [1.165, 1.54) is 0 Å². The number of pyridine rings is 1. The molecule has 1 aromatic rings. The Morgan fingerprint density at radius 3 is 2.69 bits per heavy atom. The number of hydrogen-bond donors (Lipinski definition) is 0. The Kier molecular flexibility index (Phi) is 1.72. The van der Waals surface area contributed by atoms with Crippen molar-refractivity contribution < 1.29 is 4.79 Å². The van der Waals surface area contributed by atoms with E-state index in [1.54, 1.807) is 13.1 Å². The minimum Gasteiger partial charge on any atom is -0.299 e. The molecule has 0 saturated heterocycles. The zero-order valence-electron chi connectivity index (χ0n) is 8.00. The highest BCUT2D eigenvalue weighted by atomic mass is 16.1. The van der Waals surface area contributed by atoms with Crippen LogP contribution in [0.25, 0.3) is 0 Å². The third-order valence-corrected chi connectivity index (χ3v) is 2.87. The highest BCUT2D eigenvalue weighted by Gasteiger charge is 2.48. The van der Waals surface area contributed by atoms with Crippen LogP contribution >= 0.6 is 0 Å². The summed E-state index contributed by atoms with van der Waals surface area (Å²) in [6.45, 7) is 3.64. The van der Waals surface area contributed by atoms with Crippen molar-refractivity contribution in [2.45, 2.75) is 32.1 Å². The zero-order valence-corrected chi connectivity index (χ0v) is 8.00. The van der Waals surface area contributed by atoms with Gasteiger partial charge in [-0.25, -0.2) is 0 Å². The van der Waals surface area contributed by atoms with Crippen LogP contribution in [0, 0.1) is 6.92 Å². The van der Waals surface area contributed by atoms with Gasteiger partial charge in [0.2, 0.25) is 0 Å². The van der Waals surface area contributed by atoms with Crippen LogP contribution in [0.15, 0.2) is 18.3 Å². The van der Waals surface area contributed by atoms with E-state index >= 15 is 0 Å². The third kappa shape index (κ3) is 1.26. The maximum absolute atomic E-state index is 11.4. The summed E-state index contributed by atoms with van der Waals surface area (Å²) >= 11 is 0. The van der Waals surface area contributed by atoms with Gasteiger partial charge in [0.15, 0.2) is 0 Å². The summed E-state index contributed by atoms with van der Waals surface area (Å²) in [7, 11) is 0. The van der Waals surface area contributed by atoms with Gasteiger partial charge in [-0.1, -0.05) is 0 Å². The van der Waals surface area contributed by atoms with Gasteiger partial charge < -0.3 is 0 Å². The molecular weight excluding hydrogens is 162 g/mol. The molecule has 0 aliphatic heterocycles. The molecule has 2 rings (SSSR count). The first-order valence-corrected chi connectivity index (χ1v) is 4.59. The molecule has 1 saturated carbocycles. The first kappa shape index (κ1) is 8.42. The van der Waals surface area contributed by atoms with E-state index in [4.69, 9.17) is 0 Å². The molecule has 0 amide bonds. The Morgan fingerprint density at radius 1 is 1.54 bits per heavy atom. The second kappa shape index (κ2) is 2.66. The smallest absolute Gasteiger partial charge is 0.140 e. The number of aromatic nitrogens is 1. The van der Waals surface area contributed by atoms with Crippen molar-refractivity contribution in [2.75, 3.05) is 0 Å². The van der Waals surface area contributed by atoms with Crippen molar-refractivity contribution in [1.29, 1.82) is 0 Å². The Balaban J connectivity index is 2.41. The van der Waals surface area contributed by atoms with E-state index in [1.807, 2.05) is 19.1 Å². The predicted octanol–water partition coefficient (Wildman–Crippen LogP) is 2.01. The lowest BCUT2D eigenvalue weighted by molar-refractivity contribution is -0.119. The predicted molar refractivity (Wildman–Crippen MR) is 50.6 cm³/mol. The lowest BCUT2D eigenvalue weighted by Gasteiger charge is -2.11. The molecule has 13 heavy (non-hydrogen) atoms. The van der Waals surface area contributed by atoms with Crippen LogP contribution in [-0.4, -0.2) is 10.8 Å². The molecule has 0 bridgehead atoms. The molecule has 0 aromatic carbocycles. The number of nitrogens with zero attached hydrogens (tertiary/aromatic N) is 1. The van der Waals surface area contributed by atoms with Gasteiger partial charge in [-0.2, -0.15) is 0 Å². The minimum absolute atomic E-state index is 0.145. The molecule has 1 aliphatic rings. The van der Waals surface area contributed by atoms with E-state index in [-0.39, 0.29) is 11.2 Å². The number of hydrogen-bond acceptors (Lipinski definition) is 2. The van der Waals surface area contributed by atoms with E-state index < -0.39 is 0 Å². The fraction of sp³-hybridized carbons (Fsp3) is 0.455. The fourth-order valence-electron chi connectivity index (χ4n) is 1.81. The largest absolute Gasteiger partial charge is 0.299 e. The average molecular weight is 175 g/mol. The molecule has 1 aliphatic carbocycles. The molecular formula is C11H13NO. The van der Waals surface area contributed by atoms with Crippen molar-refractivity contribution in [3.63, 3.8) is 0 Å². The monoisotopic (exact) mass is 175 g/mol. The molecule has 0 spiro atoms. The van der Waals surface area contributed by atoms with Crippen LogP contribution < -0.4 is 0 Å². The van der Waals surface area contributed by atoms with Gasteiger partial charge in [0, 0.05) is 11.9 Å². The van der Waals surface area contributed by atoms with Crippen molar-refractivity contribution in [2.24, 2.45) is 0 Å². The standard InChI is InChI=1S/C11H13NO/c1-8-7-10(3-6-12-8)11(4-5-11)9(2)13/h3,6-7H,4-5H2,1-2H3. The van der Waals surface area contributed by atoms with Gasteiger partial charge in [-0.3, -0.25) is 9.78 Å². The molecule has 68 valence electrons. The van der Waals surface area contributed by atoms with Crippen LogP contribution in [0.4, 0.5) is 0 Å². The van der Waals surface area contributed by atoms with E-state index in [2.05, 4.69) is 4.98 Å². The van der Waals surface area contributed by atoms with Crippen molar-refractivity contribution >= 4 is 5.78 Å². The highest BCUT2D eigenvalue weighted by molar-refractivity contribution is 5.91. The van der Waals surface area contributed by atoms with E-state index in [0.717, 1.165) is 24.1 Å². The summed E-state index contributed by atoms with van der Waals surface area (Å²) < 4.78 is 0. The van der Waals surface area contributed by atoms with Gasteiger partial charge in [-0.15, -0.1) is 0 Å². The van der Waals surface area contributed by atoms with Crippen LogP contribution in [0.5, 0.6) is 0 Å². The summed E-state index contributed by atoms with van der Waals surface area (Å²) in [5, 5.41) is 0. The second-order valence-electron chi connectivity index (χ2n) is 3.82. The molecule has 0 unspecified atom stereocenters. The maximum Gasteiger partial charge on any atom is 0.140 e. The first-order valence-electron chi connectivity index (χ1n) is 4.59. The quantitative estimate of drug-likeness (QED) is 0.688. The van der Waals surface area contributed by atoms with Crippen molar-refractivity contribution in [3.8, 4) is 0 Å². The molecule has 1 fully saturated rings.